The smallest absolute Gasteiger partial charge is 0.116 e. The molecular formula is C12H12N2O. The third-order valence-corrected chi connectivity index (χ3v) is 2.82. The zero-order valence-electron chi connectivity index (χ0n) is 8.33. The lowest BCUT2D eigenvalue weighted by atomic mass is 10.0. The minimum atomic E-state index is 0.299. The summed E-state index contributed by atoms with van der Waals surface area (Å²) in [6.07, 6.45) is 0.992. The van der Waals surface area contributed by atoms with Crippen LogP contribution < -0.4 is 5.32 Å². The van der Waals surface area contributed by atoms with Crippen LogP contribution in [0.4, 0.5) is 0 Å². The Labute approximate surface area is 87.8 Å². The van der Waals surface area contributed by atoms with E-state index in [4.69, 9.17) is 0 Å². The van der Waals surface area contributed by atoms with E-state index in [1.807, 2.05) is 6.07 Å². The van der Waals surface area contributed by atoms with Crippen LogP contribution in [0.25, 0.3) is 10.9 Å². The van der Waals surface area contributed by atoms with Crippen LogP contribution in [0.5, 0.6) is 5.75 Å². The zero-order chi connectivity index (χ0) is 10.3. The standard InChI is InChI=1S/C12H12N2O/c15-10-1-2-11-8(6-10)5-9-7-13-4-3-12(9)14-11/h1-2,5-6,13,15H,3-4,7H2. The largest absolute Gasteiger partial charge is 0.508 e. The molecule has 0 saturated carbocycles. The van der Waals surface area contributed by atoms with E-state index in [0.717, 1.165) is 30.4 Å². The lowest BCUT2D eigenvalue weighted by Crippen LogP contribution is -2.24. The molecule has 0 unspecified atom stereocenters. The maximum atomic E-state index is 9.39. The first-order valence-corrected chi connectivity index (χ1v) is 5.15. The predicted molar refractivity (Wildman–Crippen MR) is 58.8 cm³/mol. The van der Waals surface area contributed by atoms with Gasteiger partial charge in [0.2, 0.25) is 0 Å². The van der Waals surface area contributed by atoms with Crippen LogP contribution >= 0.6 is 0 Å². The molecule has 1 aromatic heterocycles. The van der Waals surface area contributed by atoms with Crippen molar-refractivity contribution in [3.8, 4) is 5.75 Å². The molecule has 0 spiro atoms. The summed E-state index contributed by atoms with van der Waals surface area (Å²) in [5.41, 5.74) is 3.40. The Balaban J connectivity index is 2.26. The second kappa shape index (κ2) is 3.21. The number of nitrogens with zero attached hydrogens (tertiary/aromatic N) is 1. The van der Waals surface area contributed by atoms with Crippen molar-refractivity contribution in [1.29, 1.82) is 0 Å². The Morgan fingerprint density at radius 1 is 1.27 bits per heavy atom. The van der Waals surface area contributed by atoms with Crippen LogP contribution in [-0.4, -0.2) is 16.6 Å². The molecule has 0 atom stereocenters. The van der Waals surface area contributed by atoms with Crippen molar-refractivity contribution in [2.75, 3.05) is 6.54 Å². The van der Waals surface area contributed by atoms with E-state index in [1.54, 1.807) is 12.1 Å². The highest BCUT2D eigenvalue weighted by Crippen LogP contribution is 2.22. The monoisotopic (exact) mass is 200 g/mol. The second-order valence-electron chi connectivity index (χ2n) is 3.90. The van der Waals surface area contributed by atoms with Gasteiger partial charge in [0.15, 0.2) is 0 Å². The number of phenolic OH excluding ortho intramolecular Hbond substituents is 1. The molecule has 2 aromatic rings. The molecule has 76 valence electrons. The molecule has 3 heteroatoms. The summed E-state index contributed by atoms with van der Waals surface area (Å²) in [6.45, 7) is 1.89. The van der Waals surface area contributed by atoms with Crippen molar-refractivity contribution in [3.63, 3.8) is 0 Å². The number of aromatic nitrogens is 1. The molecule has 0 aliphatic carbocycles. The van der Waals surface area contributed by atoms with E-state index in [2.05, 4.69) is 16.4 Å². The van der Waals surface area contributed by atoms with E-state index in [1.165, 1.54) is 11.3 Å². The second-order valence-corrected chi connectivity index (χ2v) is 3.90. The highest BCUT2D eigenvalue weighted by atomic mass is 16.3. The molecule has 3 nitrogen and oxygen atoms in total. The topological polar surface area (TPSA) is 45.2 Å². The predicted octanol–water partition coefficient (Wildman–Crippen LogP) is 1.59. The molecule has 2 N–H and O–H groups in total. The van der Waals surface area contributed by atoms with Crippen molar-refractivity contribution in [3.05, 3.63) is 35.5 Å². The third kappa shape index (κ3) is 1.45. The molecular weight excluding hydrogens is 188 g/mol. The summed E-state index contributed by atoms with van der Waals surface area (Å²) < 4.78 is 0. The van der Waals surface area contributed by atoms with Gasteiger partial charge in [-0.15, -0.1) is 0 Å². The fourth-order valence-electron chi connectivity index (χ4n) is 2.05. The number of phenols is 1. The molecule has 2 heterocycles. The fraction of sp³-hybridized carbons (Fsp3) is 0.250. The quantitative estimate of drug-likeness (QED) is 0.678. The summed E-state index contributed by atoms with van der Waals surface area (Å²) >= 11 is 0. The van der Waals surface area contributed by atoms with Crippen molar-refractivity contribution < 1.29 is 5.11 Å². The van der Waals surface area contributed by atoms with Gasteiger partial charge in [-0.2, -0.15) is 0 Å². The fourth-order valence-corrected chi connectivity index (χ4v) is 2.05. The Bertz CT molecular complexity index is 522. The van der Waals surface area contributed by atoms with Crippen LogP contribution in [0.15, 0.2) is 24.3 Å². The molecule has 0 bridgehead atoms. The van der Waals surface area contributed by atoms with Gasteiger partial charge in [-0.3, -0.25) is 4.98 Å². The number of hydrogen-bond acceptors (Lipinski definition) is 3. The van der Waals surface area contributed by atoms with E-state index in [-0.39, 0.29) is 0 Å². The molecule has 3 rings (SSSR count). The van der Waals surface area contributed by atoms with Gasteiger partial charge in [0, 0.05) is 30.6 Å². The van der Waals surface area contributed by atoms with Gasteiger partial charge in [0.25, 0.3) is 0 Å². The van der Waals surface area contributed by atoms with Crippen molar-refractivity contribution in [2.45, 2.75) is 13.0 Å². The van der Waals surface area contributed by atoms with Crippen molar-refractivity contribution in [1.82, 2.24) is 10.3 Å². The first-order valence-electron chi connectivity index (χ1n) is 5.15. The Morgan fingerprint density at radius 2 is 2.20 bits per heavy atom. The first-order chi connectivity index (χ1) is 7.33. The minimum Gasteiger partial charge on any atom is -0.508 e. The van der Waals surface area contributed by atoms with Crippen LogP contribution in [0.1, 0.15) is 11.3 Å². The normalized spacial score (nSPS) is 15.2. The Hall–Kier alpha value is -1.61. The molecule has 0 radical (unpaired) electrons. The third-order valence-electron chi connectivity index (χ3n) is 2.82. The number of benzene rings is 1. The number of nitrogens with one attached hydrogen (secondary N) is 1. The maximum absolute atomic E-state index is 9.39. The highest BCUT2D eigenvalue weighted by Gasteiger charge is 2.11. The first kappa shape index (κ1) is 8.68. The van der Waals surface area contributed by atoms with Crippen molar-refractivity contribution in [2.24, 2.45) is 0 Å². The molecule has 1 aliphatic rings. The zero-order valence-corrected chi connectivity index (χ0v) is 8.33. The average molecular weight is 200 g/mol. The minimum absolute atomic E-state index is 0.299. The number of fused-ring (bicyclic) bond motifs is 2. The van der Waals surface area contributed by atoms with Crippen LogP contribution in [0.2, 0.25) is 0 Å². The summed E-state index contributed by atoms with van der Waals surface area (Å²) in [5.74, 6) is 0.299. The van der Waals surface area contributed by atoms with Crippen molar-refractivity contribution >= 4 is 10.9 Å². The van der Waals surface area contributed by atoms with Gasteiger partial charge >= 0.3 is 0 Å². The van der Waals surface area contributed by atoms with E-state index < -0.39 is 0 Å². The Kier molecular flexibility index (Phi) is 1.86. The van der Waals surface area contributed by atoms with Gasteiger partial charge in [0.05, 0.1) is 5.52 Å². The summed E-state index contributed by atoms with van der Waals surface area (Å²) in [4.78, 5) is 4.61. The van der Waals surface area contributed by atoms with E-state index in [0.29, 0.717) is 5.75 Å². The van der Waals surface area contributed by atoms with Gasteiger partial charge < -0.3 is 10.4 Å². The SMILES string of the molecule is Oc1ccc2nc3c(cc2c1)CNCC3. The summed E-state index contributed by atoms with van der Waals surface area (Å²) in [7, 11) is 0. The molecule has 0 fully saturated rings. The van der Waals surface area contributed by atoms with E-state index in [9.17, 15) is 5.11 Å². The molecule has 0 saturated heterocycles. The highest BCUT2D eigenvalue weighted by molar-refractivity contribution is 5.81. The molecule has 0 amide bonds. The number of hydrogen-bond donors (Lipinski definition) is 2. The Morgan fingerprint density at radius 3 is 3.13 bits per heavy atom. The lowest BCUT2D eigenvalue weighted by molar-refractivity contribution is 0.476. The average Bonchev–Trinajstić information content (AvgIpc) is 2.26. The number of rotatable bonds is 0. The van der Waals surface area contributed by atoms with Gasteiger partial charge in [-0.05, 0) is 29.8 Å². The van der Waals surface area contributed by atoms with Crippen LogP contribution in [-0.2, 0) is 13.0 Å². The van der Waals surface area contributed by atoms with Gasteiger partial charge in [-0.25, -0.2) is 0 Å². The maximum Gasteiger partial charge on any atom is 0.116 e. The van der Waals surface area contributed by atoms with E-state index >= 15 is 0 Å². The van der Waals surface area contributed by atoms with Crippen LogP contribution in [0.3, 0.4) is 0 Å². The molecule has 1 aromatic carbocycles. The molecule has 15 heavy (non-hydrogen) atoms. The lowest BCUT2D eigenvalue weighted by Gasteiger charge is -2.16. The van der Waals surface area contributed by atoms with Gasteiger partial charge in [-0.1, -0.05) is 0 Å². The molecule has 1 aliphatic heterocycles. The summed E-state index contributed by atoms with van der Waals surface area (Å²) in [6, 6.07) is 7.43. The van der Waals surface area contributed by atoms with Crippen LogP contribution in [0, 0.1) is 0 Å². The number of aromatic hydroxyl groups is 1. The number of pyridine rings is 1. The van der Waals surface area contributed by atoms with Gasteiger partial charge in [0.1, 0.15) is 5.75 Å². The summed E-state index contributed by atoms with van der Waals surface area (Å²) in [5, 5.41) is 13.7.